The third-order valence-electron chi connectivity index (χ3n) is 6.05. The lowest BCUT2D eigenvalue weighted by Crippen LogP contribution is -2.33. The zero-order valence-corrected chi connectivity index (χ0v) is 21.0. The molecule has 0 saturated carbocycles. The van der Waals surface area contributed by atoms with Gasteiger partial charge in [-0.05, 0) is 91.5 Å². The summed E-state index contributed by atoms with van der Waals surface area (Å²) in [5.74, 6) is 3.03. The fraction of sp³-hybridized carbons (Fsp3) is 0.286. The second-order valence-corrected chi connectivity index (χ2v) is 9.42. The molecule has 0 bridgehead atoms. The highest BCUT2D eigenvalue weighted by molar-refractivity contribution is 7.22. The molecule has 0 spiro atoms. The van der Waals surface area contributed by atoms with Crippen LogP contribution in [0.1, 0.15) is 19.3 Å². The van der Waals surface area contributed by atoms with Crippen molar-refractivity contribution < 1.29 is 14.2 Å². The number of fused-ring (bicyclic) bond motifs is 1. The van der Waals surface area contributed by atoms with Gasteiger partial charge in [0.1, 0.15) is 18.1 Å². The molecule has 1 saturated heterocycles. The number of rotatable bonds is 8. The molecule has 178 valence electrons. The fourth-order valence-corrected chi connectivity index (χ4v) is 5.30. The van der Waals surface area contributed by atoms with E-state index >= 15 is 0 Å². The Hall–Kier alpha value is -2.73. The van der Waals surface area contributed by atoms with Gasteiger partial charge in [-0.2, -0.15) is 0 Å². The molecule has 34 heavy (non-hydrogen) atoms. The van der Waals surface area contributed by atoms with Gasteiger partial charge in [-0.15, -0.1) is 23.7 Å². The van der Waals surface area contributed by atoms with Gasteiger partial charge in [0.2, 0.25) is 0 Å². The quantitative estimate of drug-likeness (QED) is 0.251. The molecular formula is C28H30ClNO3S. The number of hydrogen-bond acceptors (Lipinski definition) is 5. The van der Waals surface area contributed by atoms with E-state index in [1.165, 1.54) is 47.3 Å². The molecule has 0 amide bonds. The van der Waals surface area contributed by atoms with E-state index in [1.54, 1.807) is 18.4 Å². The van der Waals surface area contributed by atoms with Crippen LogP contribution in [0.3, 0.4) is 0 Å². The van der Waals surface area contributed by atoms with Gasteiger partial charge in [0.15, 0.2) is 11.5 Å². The largest absolute Gasteiger partial charge is 0.493 e. The average molecular weight is 496 g/mol. The van der Waals surface area contributed by atoms with Gasteiger partial charge in [-0.25, -0.2) is 0 Å². The van der Waals surface area contributed by atoms with Crippen molar-refractivity contribution in [1.29, 1.82) is 0 Å². The topological polar surface area (TPSA) is 30.9 Å². The first-order valence-corrected chi connectivity index (χ1v) is 12.4. The maximum Gasteiger partial charge on any atom is 0.169 e. The third-order valence-corrected chi connectivity index (χ3v) is 7.22. The van der Waals surface area contributed by atoms with Crippen molar-refractivity contribution >= 4 is 33.8 Å². The lowest BCUT2D eigenvalue weighted by molar-refractivity contribution is 0.183. The van der Waals surface area contributed by atoms with E-state index in [1.807, 2.05) is 36.4 Å². The summed E-state index contributed by atoms with van der Waals surface area (Å²) in [6, 6.07) is 24.6. The van der Waals surface area contributed by atoms with Crippen LogP contribution < -0.4 is 14.2 Å². The maximum atomic E-state index is 6.21. The minimum absolute atomic E-state index is 0. The lowest BCUT2D eigenvalue weighted by atomic mass is 10.1. The van der Waals surface area contributed by atoms with Crippen LogP contribution in [0.5, 0.6) is 23.0 Å². The Kier molecular flexibility index (Phi) is 8.33. The minimum Gasteiger partial charge on any atom is -0.493 e. The molecule has 0 N–H and O–H groups in total. The van der Waals surface area contributed by atoms with Gasteiger partial charge in [0.25, 0.3) is 0 Å². The third kappa shape index (κ3) is 5.84. The predicted octanol–water partition coefficient (Wildman–Crippen LogP) is 7.66. The minimum atomic E-state index is 0. The van der Waals surface area contributed by atoms with Crippen LogP contribution in [0.4, 0.5) is 0 Å². The molecule has 6 heteroatoms. The molecule has 1 aliphatic heterocycles. The number of benzene rings is 3. The number of halogens is 1. The second kappa shape index (κ2) is 11.6. The normalized spacial score (nSPS) is 13.9. The Balaban J connectivity index is 0.00000274. The molecule has 2 heterocycles. The van der Waals surface area contributed by atoms with Crippen LogP contribution >= 0.6 is 23.7 Å². The fourth-order valence-electron chi connectivity index (χ4n) is 4.24. The second-order valence-electron chi connectivity index (χ2n) is 8.34. The number of piperidine rings is 1. The Bertz CT molecular complexity index is 1170. The zero-order chi connectivity index (χ0) is 22.5. The number of ether oxygens (including phenoxy) is 3. The van der Waals surface area contributed by atoms with Crippen LogP contribution in [-0.2, 0) is 0 Å². The van der Waals surface area contributed by atoms with Gasteiger partial charge >= 0.3 is 0 Å². The Morgan fingerprint density at radius 1 is 0.824 bits per heavy atom. The van der Waals surface area contributed by atoms with Gasteiger partial charge in [0.05, 0.1) is 7.11 Å². The first-order valence-electron chi connectivity index (χ1n) is 11.6. The molecule has 1 aliphatic rings. The van der Waals surface area contributed by atoms with E-state index in [-0.39, 0.29) is 12.4 Å². The highest BCUT2D eigenvalue weighted by Gasteiger charge is 2.12. The Morgan fingerprint density at radius 3 is 2.35 bits per heavy atom. The smallest absolute Gasteiger partial charge is 0.169 e. The number of nitrogens with zero attached hydrogens (tertiary/aromatic N) is 1. The summed E-state index contributed by atoms with van der Waals surface area (Å²) < 4.78 is 19.0. The first kappa shape index (κ1) is 24.4. The van der Waals surface area contributed by atoms with Crippen molar-refractivity contribution in [1.82, 2.24) is 4.90 Å². The molecule has 4 nitrogen and oxygen atoms in total. The molecule has 0 radical (unpaired) electrons. The summed E-state index contributed by atoms with van der Waals surface area (Å²) >= 11 is 1.78. The highest BCUT2D eigenvalue weighted by Crippen LogP contribution is 2.39. The van der Waals surface area contributed by atoms with Crippen LogP contribution in [0.2, 0.25) is 0 Å². The standard InChI is InChI=1S/C28H29NO3S.ClH/c1-30-25-14-9-22(28-20-21-7-3-4-8-27(21)33-28)19-26(25)32-24-12-10-23(11-13-24)31-18-17-29-15-5-2-6-16-29;/h3-4,7-14,19-20H,2,5-6,15-18H2,1H3;1H. The van der Waals surface area contributed by atoms with Crippen molar-refractivity contribution in [2.24, 2.45) is 0 Å². The summed E-state index contributed by atoms with van der Waals surface area (Å²) in [7, 11) is 1.67. The zero-order valence-electron chi connectivity index (χ0n) is 19.4. The first-order chi connectivity index (χ1) is 16.3. The van der Waals surface area contributed by atoms with Crippen molar-refractivity contribution in [2.45, 2.75) is 19.3 Å². The van der Waals surface area contributed by atoms with Gasteiger partial charge in [-0.3, -0.25) is 4.90 Å². The van der Waals surface area contributed by atoms with Crippen LogP contribution in [0.25, 0.3) is 20.5 Å². The molecule has 0 unspecified atom stereocenters. The van der Waals surface area contributed by atoms with Gasteiger partial charge < -0.3 is 14.2 Å². The summed E-state index contributed by atoms with van der Waals surface area (Å²) in [6.07, 6.45) is 3.97. The molecule has 0 atom stereocenters. The van der Waals surface area contributed by atoms with E-state index in [9.17, 15) is 0 Å². The van der Waals surface area contributed by atoms with E-state index in [2.05, 4.69) is 41.3 Å². The molecule has 3 aromatic carbocycles. The van der Waals surface area contributed by atoms with Gasteiger partial charge in [-0.1, -0.05) is 24.6 Å². The van der Waals surface area contributed by atoms with E-state index < -0.39 is 0 Å². The molecule has 0 aliphatic carbocycles. The summed E-state index contributed by atoms with van der Waals surface area (Å²) in [4.78, 5) is 3.69. The molecule has 4 aromatic rings. The van der Waals surface area contributed by atoms with Gasteiger partial charge in [0, 0.05) is 16.1 Å². The predicted molar refractivity (Wildman–Crippen MR) is 143 cm³/mol. The van der Waals surface area contributed by atoms with Crippen molar-refractivity contribution in [3.8, 4) is 33.4 Å². The summed E-state index contributed by atoms with van der Waals surface area (Å²) in [6.45, 7) is 4.09. The number of likely N-dealkylation sites (tertiary alicyclic amines) is 1. The van der Waals surface area contributed by atoms with Crippen molar-refractivity contribution in [3.63, 3.8) is 0 Å². The molecular weight excluding hydrogens is 466 g/mol. The molecule has 1 aromatic heterocycles. The number of thiophene rings is 1. The SMILES string of the molecule is COc1ccc(-c2cc3ccccc3s2)cc1Oc1ccc(OCCN2CCCCC2)cc1.Cl. The summed E-state index contributed by atoms with van der Waals surface area (Å²) in [5.41, 5.74) is 1.12. The Morgan fingerprint density at radius 2 is 1.59 bits per heavy atom. The maximum absolute atomic E-state index is 6.21. The van der Waals surface area contributed by atoms with E-state index in [4.69, 9.17) is 14.2 Å². The monoisotopic (exact) mass is 495 g/mol. The van der Waals surface area contributed by atoms with Crippen LogP contribution in [-0.4, -0.2) is 38.3 Å². The van der Waals surface area contributed by atoms with Crippen LogP contribution in [0, 0.1) is 0 Å². The highest BCUT2D eigenvalue weighted by atomic mass is 35.5. The number of methoxy groups -OCH3 is 1. The lowest BCUT2D eigenvalue weighted by Gasteiger charge is -2.26. The molecule has 5 rings (SSSR count). The van der Waals surface area contributed by atoms with E-state index in [0.29, 0.717) is 18.1 Å². The van der Waals surface area contributed by atoms with Crippen molar-refractivity contribution in [3.05, 3.63) is 72.8 Å². The van der Waals surface area contributed by atoms with Crippen LogP contribution in [0.15, 0.2) is 72.8 Å². The molecule has 1 fully saturated rings. The average Bonchev–Trinajstić information content (AvgIpc) is 3.30. The summed E-state index contributed by atoms with van der Waals surface area (Å²) in [5, 5.41) is 1.26. The number of hydrogen-bond donors (Lipinski definition) is 0. The van der Waals surface area contributed by atoms with Crippen molar-refractivity contribution in [2.75, 3.05) is 33.4 Å². The van der Waals surface area contributed by atoms with E-state index in [0.717, 1.165) is 23.6 Å². The Labute approximate surface area is 211 Å².